The molecule has 4 rings (SSSR count). The maximum atomic E-state index is 11.0. The van der Waals surface area contributed by atoms with Crippen LogP contribution >= 0.6 is 0 Å². The summed E-state index contributed by atoms with van der Waals surface area (Å²) in [5.41, 5.74) is 8.90. The molecule has 158 valence electrons. The van der Waals surface area contributed by atoms with Gasteiger partial charge in [0.15, 0.2) is 9.84 Å². The number of nitrogens with zero attached hydrogens (tertiary/aromatic N) is 1. The van der Waals surface area contributed by atoms with Gasteiger partial charge in [0, 0.05) is 50.2 Å². The van der Waals surface area contributed by atoms with Crippen molar-refractivity contribution in [3.8, 4) is 11.5 Å². The number of rotatable bonds is 3. The van der Waals surface area contributed by atoms with Crippen LogP contribution in [-0.2, 0) is 22.7 Å². The van der Waals surface area contributed by atoms with Crippen LogP contribution in [0.15, 0.2) is 41.3 Å². The third kappa shape index (κ3) is 5.20. The Bertz CT molecular complexity index is 961. The van der Waals surface area contributed by atoms with Crippen molar-refractivity contribution in [1.82, 2.24) is 4.90 Å². The molecule has 5 N–H and O–H groups in total. The first-order valence-electron chi connectivity index (χ1n) is 9.68. The van der Waals surface area contributed by atoms with E-state index in [9.17, 15) is 18.6 Å². The minimum absolute atomic E-state index is 0.153. The number of anilines is 1. The molecule has 1 unspecified atom stereocenters. The number of benzene rings is 2. The Morgan fingerprint density at radius 3 is 2.38 bits per heavy atom. The first-order valence-corrected chi connectivity index (χ1v) is 11.6. The highest BCUT2D eigenvalue weighted by Gasteiger charge is 2.32. The number of hydrogen-bond acceptors (Lipinski definition) is 7. The number of phenolic OH excluding ortho intramolecular Hbond substituents is 2. The van der Waals surface area contributed by atoms with Gasteiger partial charge in [-0.25, -0.2) is 8.42 Å². The number of fused-ring (bicyclic) bond motifs is 1. The van der Waals surface area contributed by atoms with Gasteiger partial charge in [-0.15, -0.1) is 0 Å². The molecule has 0 spiro atoms. The van der Waals surface area contributed by atoms with Crippen LogP contribution in [0.2, 0.25) is 0 Å². The highest BCUT2D eigenvalue weighted by atomic mass is 32.2. The molecule has 2 aromatic rings. The van der Waals surface area contributed by atoms with Crippen LogP contribution in [0.5, 0.6) is 11.5 Å². The quantitative estimate of drug-likeness (QED) is 0.599. The third-order valence-electron chi connectivity index (χ3n) is 5.54. The molecular formula is C21H29N3O4S. The number of sulfone groups is 1. The zero-order valence-electron chi connectivity index (χ0n) is 16.8. The Morgan fingerprint density at radius 2 is 1.83 bits per heavy atom. The molecule has 0 amide bonds. The second kappa shape index (κ2) is 8.61. The Labute approximate surface area is 172 Å². The highest BCUT2D eigenvalue weighted by molar-refractivity contribution is 7.90. The normalized spacial score (nSPS) is 21.3. The van der Waals surface area contributed by atoms with Crippen molar-refractivity contribution in [2.75, 3.05) is 31.7 Å². The van der Waals surface area contributed by atoms with Crippen LogP contribution in [0.3, 0.4) is 0 Å². The molecule has 7 nitrogen and oxygen atoms in total. The van der Waals surface area contributed by atoms with Gasteiger partial charge in [-0.2, -0.15) is 0 Å². The van der Waals surface area contributed by atoms with E-state index in [-0.39, 0.29) is 11.5 Å². The van der Waals surface area contributed by atoms with Crippen LogP contribution in [0.25, 0.3) is 0 Å². The van der Waals surface area contributed by atoms with E-state index in [4.69, 9.17) is 5.73 Å². The lowest BCUT2D eigenvalue weighted by molar-refractivity contribution is 0.246. The van der Waals surface area contributed by atoms with Crippen molar-refractivity contribution in [3.05, 3.63) is 47.5 Å². The standard InChI is InChI=1S/C13H18N2O2.C8H11NO2S/c14-9-1-2-15(7-9)10-3-8-4-11(16)6-13(17)12(8)5-10;1-9-7-3-5-8(6-4-7)12(2,10)11/h4,6,9-10,16-17H,1-3,5,7,14H2;3-6,9H,1-2H3/t9-,10?;/m0./s1. The molecule has 2 aromatic carbocycles. The molecule has 8 heteroatoms. The first-order chi connectivity index (χ1) is 13.7. The van der Waals surface area contributed by atoms with E-state index in [1.54, 1.807) is 37.4 Å². The number of nitrogens with two attached hydrogens (primary N) is 1. The van der Waals surface area contributed by atoms with Crippen molar-refractivity contribution in [3.63, 3.8) is 0 Å². The van der Waals surface area contributed by atoms with Crippen LogP contribution in [0.1, 0.15) is 17.5 Å². The summed E-state index contributed by atoms with van der Waals surface area (Å²) in [6.07, 6.45) is 4.03. The maximum absolute atomic E-state index is 11.0. The molecule has 1 aliphatic heterocycles. The molecule has 1 aliphatic carbocycles. The highest BCUT2D eigenvalue weighted by Crippen LogP contribution is 2.36. The first kappa shape index (κ1) is 21.4. The lowest BCUT2D eigenvalue weighted by atomic mass is 10.1. The zero-order chi connectivity index (χ0) is 21.2. The summed E-state index contributed by atoms with van der Waals surface area (Å²) in [6.45, 7) is 2.00. The summed E-state index contributed by atoms with van der Waals surface area (Å²) >= 11 is 0. The zero-order valence-corrected chi connectivity index (χ0v) is 17.6. The van der Waals surface area contributed by atoms with E-state index in [1.165, 1.54) is 12.3 Å². The minimum Gasteiger partial charge on any atom is -0.508 e. The number of phenols is 2. The summed E-state index contributed by atoms with van der Waals surface area (Å²) in [5.74, 6) is 0.381. The maximum Gasteiger partial charge on any atom is 0.175 e. The minimum atomic E-state index is -3.06. The summed E-state index contributed by atoms with van der Waals surface area (Å²) in [4.78, 5) is 2.75. The van der Waals surface area contributed by atoms with Crippen molar-refractivity contribution < 1.29 is 18.6 Å². The topological polar surface area (TPSA) is 116 Å². The largest absolute Gasteiger partial charge is 0.508 e. The molecule has 1 heterocycles. The predicted molar refractivity (Wildman–Crippen MR) is 114 cm³/mol. The SMILES string of the molecule is CNc1ccc(S(C)(=O)=O)cc1.N[C@H]1CCN(C2Cc3cc(O)cc(O)c3C2)C1. The van der Waals surface area contributed by atoms with Gasteiger partial charge < -0.3 is 21.3 Å². The molecule has 1 saturated heterocycles. The Morgan fingerprint density at radius 1 is 1.14 bits per heavy atom. The van der Waals surface area contributed by atoms with Gasteiger partial charge in [0.2, 0.25) is 0 Å². The Kier molecular flexibility index (Phi) is 6.36. The van der Waals surface area contributed by atoms with Crippen molar-refractivity contribution >= 4 is 15.5 Å². The molecule has 1 fully saturated rings. The number of hydrogen-bond donors (Lipinski definition) is 4. The lowest BCUT2D eigenvalue weighted by Gasteiger charge is -2.22. The van der Waals surface area contributed by atoms with Crippen LogP contribution in [0.4, 0.5) is 5.69 Å². The molecule has 0 saturated carbocycles. The van der Waals surface area contributed by atoms with Gasteiger partial charge in [-0.05, 0) is 60.7 Å². The molecule has 0 bridgehead atoms. The van der Waals surface area contributed by atoms with E-state index in [0.29, 0.717) is 17.0 Å². The van der Waals surface area contributed by atoms with Crippen LogP contribution in [0, 0.1) is 0 Å². The number of nitrogens with one attached hydrogen (secondary N) is 1. The number of likely N-dealkylation sites (tertiary alicyclic amines) is 1. The monoisotopic (exact) mass is 419 g/mol. The van der Waals surface area contributed by atoms with Crippen molar-refractivity contribution in [2.24, 2.45) is 5.73 Å². The van der Waals surface area contributed by atoms with E-state index in [0.717, 1.165) is 49.2 Å². The lowest BCUT2D eigenvalue weighted by Crippen LogP contribution is -2.36. The van der Waals surface area contributed by atoms with E-state index in [1.807, 2.05) is 0 Å². The molecule has 2 aliphatic rings. The van der Waals surface area contributed by atoms with Crippen LogP contribution in [-0.4, -0.2) is 62.0 Å². The Hall–Kier alpha value is -2.29. The molecule has 0 radical (unpaired) electrons. The van der Waals surface area contributed by atoms with E-state index in [2.05, 4.69) is 10.2 Å². The van der Waals surface area contributed by atoms with Gasteiger partial charge in [-0.3, -0.25) is 4.90 Å². The van der Waals surface area contributed by atoms with E-state index >= 15 is 0 Å². The smallest absolute Gasteiger partial charge is 0.175 e. The van der Waals surface area contributed by atoms with Gasteiger partial charge in [0.1, 0.15) is 11.5 Å². The molecular weight excluding hydrogens is 390 g/mol. The number of aromatic hydroxyl groups is 2. The van der Waals surface area contributed by atoms with Gasteiger partial charge in [-0.1, -0.05) is 0 Å². The van der Waals surface area contributed by atoms with Crippen LogP contribution < -0.4 is 11.1 Å². The predicted octanol–water partition coefficient (Wildman–Crippen LogP) is 1.73. The fourth-order valence-electron chi connectivity index (χ4n) is 3.95. The Balaban J connectivity index is 0.000000177. The van der Waals surface area contributed by atoms with Crippen molar-refractivity contribution in [2.45, 2.75) is 36.2 Å². The average Bonchev–Trinajstić information content (AvgIpc) is 3.28. The fraction of sp³-hybridized carbons (Fsp3) is 0.429. The molecule has 2 atom stereocenters. The second-order valence-electron chi connectivity index (χ2n) is 7.75. The second-order valence-corrected chi connectivity index (χ2v) is 9.77. The molecule has 0 aromatic heterocycles. The summed E-state index contributed by atoms with van der Waals surface area (Å²) in [7, 11) is -1.27. The summed E-state index contributed by atoms with van der Waals surface area (Å²) in [6, 6.07) is 10.6. The summed E-state index contributed by atoms with van der Waals surface area (Å²) < 4.78 is 22.0. The average molecular weight is 420 g/mol. The van der Waals surface area contributed by atoms with Gasteiger partial charge in [0.25, 0.3) is 0 Å². The van der Waals surface area contributed by atoms with Gasteiger partial charge >= 0.3 is 0 Å². The fourth-order valence-corrected chi connectivity index (χ4v) is 4.58. The molecule has 29 heavy (non-hydrogen) atoms. The van der Waals surface area contributed by atoms with Crippen molar-refractivity contribution in [1.29, 1.82) is 0 Å². The third-order valence-corrected chi connectivity index (χ3v) is 6.67. The van der Waals surface area contributed by atoms with E-state index < -0.39 is 9.84 Å². The van der Waals surface area contributed by atoms with Gasteiger partial charge in [0.05, 0.1) is 4.90 Å². The summed E-state index contributed by atoms with van der Waals surface area (Å²) in [5, 5.41) is 22.2.